The summed E-state index contributed by atoms with van der Waals surface area (Å²) < 4.78 is 7.58. The molecule has 0 unspecified atom stereocenters. The lowest BCUT2D eigenvalue weighted by atomic mass is 10.1. The highest BCUT2D eigenvalue weighted by molar-refractivity contribution is 5.87. The van der Waals surface area contributed by atoms with Crippen LogP contribution >= 0.6 is 0 Å². The molecule has 1 heterocycles. The van der Waals surface area contributed by atoms with Gasteiger partial charge in [-0.3, -0.25) is 4.79 Å². The third-order valence-corrected chi connectivity index (χ3v) is 3.71. The number of carbonyl (C=O) groups is 1. The molecule has 106 valence electrons. The van der Waals surface area contributed by atoms with Gasteiger partial charge in [0.05, 0.1) is 13.7 Å². The lowest BCUT2D eigenvalue weighted by molar-refractivity contribution is 0.112. The van der Waals surface area contributed by atoms with Gasteiger partial charge in [-0.05, 0) is 30.5 Å². The predicted octanol–water partition coefficient (Wildman–Crippen LogP) is 3.82. The van der Waals surface area contributed by atoms with E-state index < -0.39 is 0 Å². The lowest BCUT2D eigenvalue weighted by Gasteiger charge is -2.11. The molecule has 1 aromatic heterocycles. The number of ether oxygens (including phenoxy) is 1. The monoisotopic (exact) mass is 279 g/mol. The van der Waals surface area contributed by atoms with Gasteiger partial charge in [0.1, 0.15) is 12.0 Å². The highest BCUT2D eigenvalue weighted by Gasteiger charge is 2.07. The molecule has 3 aromatic rings. The van der Waals surface area contributed by atoms with Crippen LogP contribution in [0.25, 0.3) is 10.9 Å². The van der Waals surface area contributed by atoms with Crippen molar-refractivity contribution in [2.24, 2.45) is 0 Å². The van der Waals surface area contributed by atoms with E-state index in [2.05, 4.69) is 23.6 Å². The van der Waals surface area contributed by atoms with Crippen molar-refractivity contribution in [3.8, 4) is 5.75 Å². The average molecular weight is 279 g/mol. The Morgan fingerprint density at radius 3 is 2.76 bits per heavy atom. The van der Waals surface area contributed by atoms with Crippen molar-refractivity contribution < 1.29 is 9.53 Å². The number of methoxy groups -OCH3 is 1. The number of carbonyl (C=O) groups excluding carboxylic acids is 1. The van der Waals surface area contributed by atoms with Gasteiger partial charge in [-0.15, -0.1) is 0 Å². The molecule has 0 aliphatic carbocycles. The second-order valence-electron chi connectivity index (χ2n) is 5.20. The Balaban J connectivity index is 2.05. The van der Waals surface area contributed by atoms with Gasteiger partial charge in [-0.1, -0.05) is 29.8 Å². The van der Waals surface area contributed by atoms with Gasteiger partial charge in [-0.2, -0.15) is 0 Å². The molecule has 0 aliphatic rings. The van der Waals surface area contributed by atoms with E-state index in [4.69, 9.17) is 4.74 Å². The van der Waals surface area contributed by atoms with Crippen molar-refractivity contribution in [3.63, 3.8) is 0 Å². The van der Waals surface area contributed by atoms with Crippen LogP contribution < -0.4 is 4.74 Å². The van der Waals surface area contributed by atoms with E-state index in [1.165, 1.54) is 5.56 Å². The summed E-state index contributed by atoms with van der Waals surface area (Å²) in [4.78, 5) is 11.0. The minimum absolute atomic E-state index is 0.693. The molecule has 0 spiro atoms. The van der Waals surface area contributed by atoms with E-state index in [1.807, 2.05) is 36.5 Å². The zero-order valence-corrected chi connectivity index (χ0v) is 12.2. The van der Waals surface area contributed by atoms with Crippen LogP contribution in [0, 0.1) is 6.92 Å². The maximum atomic E-state index is 11.0. The Morgan fingerprint density at radius 2 is 2.00 bits per heavy atom. The van der Waals surface area contributed by atoms with E-state index in [1.54, 1.807) is 7.11 Å². The fourth-order valence-electron chi connectivity index (χ4n) is 2.63. The van der Waals surface area contributed by atoms with Crippen molar-refractivity contribution in [2.45, 2.75) is 13.5 Å². The van der Waals surface area contributed by atoms with Crippen LogP contribution in [0.15, 0.2) is 48.7 Å². The second-order valence-corrected chi connectivity index (χ2v) is 5.20. The zero-order chi connectivity index (χ0) is 14.8. The summed E-state index contributed by atoms with van der Waals surface area (Å²) in [6.45, 7) is 2.79. The van der Waals surface area contributed by atoms with Crippen LogP contribution in [0.4, 0.5) is 0 Å². The molecule has 0 N–H and O–H groups in total. The normalized spacial score (nSPS) is 10.8. The molecule has 0 aliphatic heterocycles. The van der Waals surface area contributed by atoms with Gasteiger partial charge in [0.25, 0.3) is 0 Å². The van der Waals surface area contributed by atoms with Crippen LogP contribution in [0.2, 0.25) is 0 Å². The number of hydrogen-bond donors (Lipinski definition) is 0. The highest BCUT2D eigenvalue weighted by atomic mass is 16.5. The minimum Gasteiger partial charge on any atom is -0.496 e. The summed E-state index contributed by atoms with van der Waals surface area (Å²) in [7, 11) is 1.69. The van der Waals surface area contributed by atoms with E-state index in [9.17, 15) is 4.79 Å². The van der Waals surface area contributed by atoms with Crippen LogP contribution in [0.1, 0.15) is 21.5 Å². The summed E-state index contributed by atoms with van der Waals surface area (Å²) in [6.07, 6.45) is 2.92. The molecule has 2 aromatic carbocycles. The molecule has 3 nitrogen and oxygen atoms in total. The first-order valence-electron chi connectivity index (χ1n) is 6.89. The number of benzene rings is 2. The molecule has 3 rings (SSSR count). The van der Waals surface area contributed by atoms with Crippen LogP contribution in [0.3, 0.4) is 0 Å². The largest absolute Gasteiger partial charge is 0.496 e. The van der Waals surface area contributed by atoms with Crippen molar-refractivity contribution >= 4 is 17.2 Å². The Bertz CT molecular complexity index is 802. The highest BCUT2D eigenvalue weighted by Crippen LogP contribution is 2.24. The number of aryl methyl sites for hydroxylation is 1. The first kappa shape index (κ1) is 13.4. The third-order valence-electron chi connectivity index (χ3n) is 3.71. The Hall–Kier alpha value is -2.55. The van der Waals surface area contributed by atoms with E-state index in [0.717, 1.165) is 35.0 Å². The molecule has 0 saturated heterocycles. The van der Waals surface area contributed by atoms with Crippen LogP contribution in [0.5, 0.6) is 5.75 Å². The fourth-order valence-corrected chi connectivity index (χ4v) is 2.63. The molecular formula is C18H17NO2. The maximum absolute atomic E-state index is 11.0. The molecular weight excluding hydrogens is 262 g/mol. The van der Waals surface area contributed by atoms with E-state index in [-0.39, 0.29) is 0 Å². The number of aromatic nitrogens is 1. The summed E-state index contributed by atoms with van der Waals surface area (Å²) in [5, 5.41) is 1.13. The van der Waals surface area contributed by atoms with Crippen LogP contribution in [-0.4, -0.2) is 18.0 Å². The fraction of sp³-hybridized carbons (Fsp3) is 0.167. The molecule has 0 fully saturated rings. The van der Waals surface area contributed by atoms with Crippen LogP contribution in [-0.2, 0) is 6.54 Å². The topological polar surface area (TPSA) is 31.2 Å². The molecule has 0 amide bonds. The van der Waals surface area contributed by atoms with Gasteiger partial charge >= 0.3 is 0 Å². The number of aldehydes is 1. The zero-order valence-electron chi connectivity index (χ0n) is 12.2. The van der Waals surface area contributed by atoms with Crippen molar-refractivity contribution in [2.75, 3.05) is 7.11 Å². The van der Waals surface area contributed by atoms with Crippen molar-refractivity contribution in [1.82, 2.24) is 4.57 Å². The second kappa shape index (κ2) is 5.44. The predicted molar refractivity (Wildman–Crippen MR) is 84.2 cm³/mol. The SMILES string of the molecule is COc1ccc(C)cc1Cn1ccc2ccc(C=O)cc21. The van der Waals surface area contributed by atoms with Gasteiger partial charge in [0, 0.05) is 22.8 Å². The molecule has 0 radical (unpaired) electrons. The quantitative estimate of drug-likeness (QED) is 0.680. The van der Waals surface area contributed by atoms with E-state index in [0.29, 0.717) is 5.56 Å². The Labute approximate surface area is 123 Å². The van der Waals surface area contributed by atoms with Crippen molar-refractivity contribution in [1.29, 1.82) is 0 Å². The molecule has 0 bridgehead atoms. The summed E-state index contributed by atoms with van der Waals surface area (Å²) in [5.74, 6) is 0.883. The lowest BCUT2D eigenvalue weighted by Crippen LogP contribution is -2.01. The number of hydrogen-bond acceptors (Lipinski definition) is 2. The number of nitrogens with zero attached hydrogens (tertiary/aromatic N) is 1. The molecule has 0 atom stereocenters. The van der Waals surface area contributed by atoms with Gasteiger partial charge < -0.3 is 9.30 Å². The van der Waals surface area contributed by atoms with Crippen molar-refractivity contribution in [3.05, 3.63) is 65.4 Å². The molecule has 3 heteroatoms. The summed E-state index contributed by atoms with van der Waals surface area (Å²) >= 11 is 0. The average Bonchev–Trinajstić information content (AvgIpc) is 2.90. The first-order chi connectivity index (χ1) is 10.2. The first-order valence-corrected chi connectivity index (χ1v) is 6.89. The van der Waals surface area contributed by atoms with Gasteiger partial charge in [0.2, 0.25) is 0 Å². The third kappa shape index (κ3) is 2.55. The van der Waals surface area contributed by atoms with Gasteiger partial charge in [-0.25, -0.2) is 0 Å². The smallest absolute Gasteiger partial charge is 0.150 e. The Kier molecular flexibility index (Phi) is 3.48. The standard InChI is InChI=1S/C18H17NO2/c1-13-3-6-18(21-2)16(9-13)11-19-8-7-15-5-4-14(12-20)10-17(15)19/h3-10,12H,11H2,1-2H3. The summed E-state index contributed by atoms with van der Waals surface area (Å²) in [5.41, 5.74) is 4.09. The molecule has 0 saturated carbocycles. The van der Waals surface area contributed by atoms with E-state index >= 15 is 0 Å². The Morgan fingerprint density at radius 1 is 1.14 bits per heavy atom. The maximum Gasteiger partial charge on any atom is 0.150 e. The number of rotatable bonds is 4. The summed E-state index contributed by atoms with van der Waals surface area (Å²) in [6, 6.07) is 14.0. The minimum atomic E-state index is 0.693. The number of fused-ring (bicyclic) bond motifs is 1. The van der Waals surface area contributed by atoms with Gasteiger partial charge in [0.15, 0.2) is 0 Å². The molecule has 21 heavy (non-hydrogen) atoms.